The van der Waals surface area contributed by atoms with E-state index in [2.05, 4.69) is 0 Å². The maximum Gasteiger partial charge on any atom is 0.186 e. The van der Waals surface area contributed by atoms with Gasteiger partial charge in [-0.15, -0.1) is 0 Å². The Balaban J connectivity index is 2.53. The van der Waals surface area contributed by atoms with Gasteiger partial charge in [0.15, 0.2) is 12.5 Å². The predicted octanol–water partition coefficient (Wildman–Crippen LogP) is 1.09. The van der Waals surface area contributed by atoms with Gasteiger partial charge in [-0.05, 0) is 6.42 Å². The predicted molar refractivity (Wildman–Crippen MR) is 35.2 cm³/mol. The molecule has 0 aliphatic carbocycles. The van der Waals surface area contributed by atoms with E-state index >= 15 is 0 Å². The van der Waals surface area contributed by atoms with Crippen LogP contribution in [0.25, 0.3) is 0 Å². The van der Waals surface area contributed by atoms with E-state index in [4.69, 9.17) is 9.84 Å². The number of aliphatic hydroxyl groups is 1. The van der Waals surface area contributed by atoms with Crippen LogP contribution < -0.4 is 0 Å². The van der Waals surface area contributed by atoms with Gasteiger partial charge in [-0.25, -0.2) is 4.39 Å². The van der Waals surface area contributed by atoms with Gasteiger partial charge in [0.1, 0.15) is 0 Å². The Morgan fingerprint density at radius 1 is 1.60 bits per heavy atom. The van der Waals surface area contributed by atoms with Crippen LogP contribution in [0.15, 0.2) is 0 Å². The first-order chi connectivity index (χ1) is 4.66. The Hall–Kier alpha value is -0.150. The number of alkyl halides is 1. The fourth-order valence-corrected chi connectivity index (χ4v) is 1.31. The van der Waals surface area contributed by atoms with Gasteiger partial charge in [0.2, 0.25) is 0 Å². The highest BCUT2D eigenvalue weighted by Gasteiger charge is 2.39. The average molecular weight is 148 g/mol. The first-order valence-electron chi connectivity index (χ1n) is 3.64. The van der Waals surface area contributed by atoms with Gasteiger partial charge >= 0.3 is 0 Å². The van der Waals surface area contributed by atoms with E-state index in [1.54, 1.807) is 6.92 Å². The zero-order valence-electron chi connectivity index (χ0n) is 6.25. The van der Waals surface area contributed by atoms with Crippen LogP contribution >= 0.6 is 0 Å². The van der Waals surface area contributed by atoms with Crippen molar-refractivity contribution in [2.75, 3.05) is 0 Å². The molecule has 4 atom stereocenters. The maximum atomic E-state index is 12.8. The molecule has 3 heteroatoms. The van der Waals surface area contributed by atoms with Crippen molar-refractivity contribution in [2.24, 2.45) is 5.92 Å². The summed E-state index contributed by atoms with van der Waals surface area (Å²) in [5.74, 6) is -0.167. The van der Waals surface area contributed by atoms with Crippen LogP contribution in [0.3, 0.4) is 0 Å². The van der Waals surface area contributed by atoms with E-state index in [0.717, 1.165) is 6.42 Å². The summed E-state index contributed by atoms with van der Waals surface area (Å²) in [5, 5.41) is 8.87. The Morgan fingerprint density at radius 2 is 2.20 bits per heavy atom. The second kappa shape index (κ2) is 2.84. The smallest absolute Gasteiger partial charge is 0.186 e. The van der Waals surface area contributed by atoms with E-state index in [1.807, 2.05) is 6.92 Å². The summed E-state index contributed by atoms with van der Waals surface area (Å²) in [6, 6.07) is 0. The fourth-order valence-electron chi connectivity index (χ4n) is 1.31. The average Bonchev–Trinajstić information content (AvgIpc) is 2.17. The van der Waals surface area contributed by atoms with Crippen molar-refractivity contribution in [1.29, 1.82) is 0 Å². The second-order valence-corrected chi connectivity index (χ2v) is 2.78. The molecule has 1 aliphatic heterocycles. The van der Waals surface area contributed by atoms with Gasteiger partial charge in [-0.2, -0.15) is 0 Å². The van der Waals surface area contributed by atoms with Gasteiger partial charge < -0.3 is 9.84 Å². The zero-order valence-corrected chi connectivity index (χ0v) is 6.25. The molecular formula is C7H13FO2. The molecule has 0 spiro atoms. The zero-order chi connectivity index (χ0) is 7.72. The molecule has 2 nitrogen and oxygen atoms in total. The Bertz CT molecular complexity index is 118. The molecule has 4 unspecified atom stereocenters. The third-order valence-electron chi connectivity index (χ3n) is 2.08. The monoisotopic (exact) mass is 148 g/mol. The molecule has 0 bridgehead atoms. The molecule has 0 aromatic heterocycles. The highest BCUT2D eigenvalue weighted by atomic mass is 19.1. The molecule has 0 radical (unpaired) electrons. The SMILES string of the molecule is CCC1OC(O)C(F)C1C. The number of ether oxygens (including phenoxy) is 1. The quantitative estimate of drug-likeness (QED) is 0.603. The van der Waals surface area contributed by atoms with Crippen molar-refractivity contribution in [3.05, 3.63) is 0 Å². The van der Waals surface area contributed by atoms with Crippen LogP contribution in [-0.4, -0.2) is 23.7 Å². The summed E-state index contributed by atoms with van der Waals surface area (Å²) in [6.45, 7) is 3.68. The summed E-state index contributed by atoms with van der Waals surface area (Å²) >= 11 is 0. The maximum absolute atomic E-state index is 12.8. The van der Waals surface area contributed by atoms with Gasteiger partial charge in [0.05, 0.1) is 6.10 Å². The van der Waals surface area contributed by atoms with Gasteiger partial charge in [0, 0.05) is 5.92 Å². The highest BCUT2D eigenvalue weighted by molar-refractivity contribution is 4.82. The van der Waals surface area contributed by atoms with E-state index in [0.29, 0.717) is 0 Å². The van der Waals surface area contributed by atoms with Crippen LogP contribution in [-0.2, 0) is 4.74 Å². The number of hydrogen-bond acceptors (Lipinski definition) is 2. The molecule has 0 saturated carbocycles. The summed E-state index contributed by atoms with van der Waals surface area (Å²) in [6.07, 6.45) is -1.74. The van der Waals surface area contributed by atoms with Crippen molar-refractivity contribution < 1.29 is 14.2 Å². The van der Waals surface area contributed by atoms with Crippen molar-refractivity contribution in [1.82, 2.24) is 0 Å². The molecule has 0 aromatic carbocycles. The van der Waals surface area contributed by atoms with Crippen molar-refractivity contribution in [2.45, 2.75) is 38.8 Å². The standard InChI is InChI=1S/C7H13FO2/c1-3-5-4(2)6(8)7(9)10-5/h4-7,9H,3H2,1-2H3. The first-order valence-corrected chi connectivity index (χ1v) is 3.64. The summed E-state index contributed by atoms with van der Waals surface area (Å²) in [4.78, 5) is 0. The Morgan fingerprint density at radius 3 is 2.40 bits per heavy atom. The van der Waals surface area contributed by atoms with Crippen LogP contribution in [0.1, 0.15) is 20.3 Å². The summed E-state index contributed by atoms with van der Waals surface area (Å²) < 4.78 is 17.7. The van der Waals surface area contributed by atoms with Crippen molar-refractivity contribution in [3.8, 4) is 0 Å². The van der Waals surface area contributed by atoms with Crippen LogP contribution in [0.5, 0.6) is 0 Å². The lowest BCUT2D eigenvalue weighted by molar-refractivity contribution is -0.112. The lowest BCUT2D eigenvalue weighted by Crippen LogP contribution is -2.20. The van der Waals surface area contributed by atoms with Crippen molar-refractivity contribution in [3.63, 3.8) is 0 Å². The van der Waals surface area contributed by atoms with Crippen LogP contribution in [0.4, 0.5) is 4.39 Å². The molecule has 1 N–H and O–H groups in total. The van der Waals surface area contributed by atoms with Crippen molar-refractivity contribution >= 4 is 0 Å². The molecule has 1 rings (SSSR count). The number of aliphatic hydroxyl groups excluding tert-OH is 1. The summed E-state index contributed by atoms with van der Waals surface area (Å²) in [5.41, 5.74) is 0. The van der Waals surface area contributed by atoms with E-state index < -0.39 is 12.5 Å². The van der Waals surface area contributed by atoms with Gasteiger partial charge in [-0.1, -0.05) is 13.8 Å². The third-order valence-corrected chi connectivity index (χ3v) is 2.08. The molecule has 1 aliphatic rings. The third kappa shape index (κ3) is 1.16. The normalized spacial score (nSPS) is 48.0. The Kier molecular flexibility index (Phi) is 2.26. The minimum absolute atomic E-state index is 0.106. The largest absolute Gasteiger partial charge is 0.366 e. The molecular weight excluding hydrogens is 135 g/mol. The van der Waals surface area contributed by atoms with E-state index in [9.17, 15) is 4.39 Å². The first kappa shape index (κ1) is 7.95. The number of hydrogen-bond donors (Lipinski definition) is 1. The molecule has 0 amide bonds. The second-order valence-electron chi connectivity index (χ2n) is 2.78. The highest BCUT2D eigenvalue weighted by Crippen LogP contribution is 2.29. The van der Waals surface area contributed by atoms with Gasteiger partial charge in [0.25, 0.3) is 0 Å². The summed E-state index contributed by atoms with van der Waals surface area (Å²) in [7, 11) is 0. The fraction of sp³-hybridized carbons (Fsp3) is 1.00. The lowest BCUT2D eigenvalue weighted by atomic mass is 10.0. The minimum atomic E-state index is -1.20. The molecule has 1 fully saturated rings. The topological polar surface area (TPSA) is 29.5 Å². The van der Waals surface area contributed by atoms with E-state index in [-0.39, 0.29) is 12.0 Å². The Labute approximate surface area is 60.0 Å². The number of halogens is 1. The molecule has 60 valence electrons. The van der Waals surface area contributed by atoms with Crippen LogP contribution in [0, 0.1) is 5.92 Å². The molecule has 0 aromatic rings. The van der Waals surface area contributed by atoms with Gasteiger partial charge in [-0.3, -0.25) is 0 Å². The van der Waals surface area contributed by atoms with Crippen LogP contribution in [0.2, 0.25) is 0 Å². The molecule has 10 heavy (non-hydrogen) atoms. The minimum Gasteiger partial charge on any atom is -0.366 e. The number of rotatable bonds is 1. The lowest BCUT2D eigenvalue weighted by Gasteiger charge is -2.10. The van der Waals surface area contributed by atoms with E-state index in [1.165, 1.54) is 0 Å². The molecule has 1 saturated heterocycles. The molecule has 1 heterocycles.